The molecule has 0 spiro atoms. The Morgan fingerprint density at radius 2 is 1.85 bits per heavy atom. The molecule has 0 atom stereocenters. The van der Waals surface area contributed by atoms with Crippen LogP contribution in [-0.4, -0.2) is 37.6 Å². The minimum atomic E-state index is -3.68. The van der Waals surface area contributed by atoms with Crippen molar-refractivity contribution in [2.45, 2.75) is 24.7 Å². The van der Waals surface area contributed by atoms with Crippen molar-refractivity contribution in [1.29, 1.82) is 0 Å². The molecule has 1 aliphatic rings. The number of nitrogens with one attached hydrogen (secondary N) is 2. The molecule has 0 radical (unpaired) electrons. The van der Waals surface area contributed by atoms with Crippen LogP contribution in [0, 0.1) is 6.92 Å². The van der Waals surface area contributed by atoms with E-state index in [-0.39, 0.29) is 16.4 Å². The Hall–Kier alpha value is -1.69. The molecule has 11 heteroatoms. The molecular formula is C15H16BrN3O5S2. The van der Waals surface area contributed by atoms with Gasteiger partial charge < -0.3 is 4.42 Å². The number of rotatable bonds is 4. The first kappa shape index (κ1) is 19.1. The van der Waals surface area contributed by atoms with Crippen LogP contribution in [0.3, 0.4) is 0 Å². The molecule has 2 aromatic rings. The summed E-state index contributed by atoms with van der Waals surface area (Å²) >= 11 is 4.46. The number of furan rings is 1. The van der Waals surface area contributed by atoms with Crippen LogP contribution in [0.25, 0.3) is 0 Å². The van der Waals surface area contributed by atoms with Crippen LogP contribution >= 0.6 is 27.3 Å². The molecule has 0 aliphatic carbocycles. The second kappa shape index (κ2) is 7.51. The first-order valence-electron chi connectivity index (χ1n) is 7.75. The third-order valence-electron chi connectivity index (χ3n) is 3.87. The smallest absolute Gasteiger partial charge is 0.305 e. The highest BCUT2D eigenvalue weighted by Gasteiger charge is 2.31. The fourth-order valence-corrected chi connectivity index (χ4v) is 5.53. The van der Waals surface area contributed by atoms with Crippen LogP contribution in [0.15, 0.2) is 31.3 Å². The molecule has 0 bridgehead atoms. The molecule has 8 nitrogen and oxygen atoms in total. The van der Waals surface area contributed by atoms with Crippen molar-refractivity contribution in [3.8, 4) is 0 Å². The minimum Gasteiger partial charge on any atom is -0.455 e. The summed E-state index contributed by atoms with van der Waals surface area (Å²) in [6.45, 7) is 2.41. The molecule has 3 rings (SSSR count). The molecule has 3 heterocycles. The molecule has 2 aromatic heterocycles. The number of carbonyl (C=O) groups is 2. The maximum Gasteiger partial charge on any atom is 0.305 e. The number of sulfonamides is 1. The van der Waals surface area contributed by atoms with Crippen LogP contribution in [0.4, 0.5) is 0 Å². The van der Waals surface area contributed by atoms with Gasteiger partial charge in [0.2, 0.25) is 10.0 Å². The van der Waals surface area contributed by atoms with Crippen molar-refractivity contribution < 1.29 is 22.4 Å². The van der Waals surface area contributed by atoms with Crippen molar-refractivity contribution in [3.63, 3.8) is 0 Å². The molecule has 1 fully saturated rings. The van der Waals surface area contributed by atoms with Gasteiger partial charge in [0.25, 0.3) is 5.91 Å². The predicted octanol–water partition coefficient (Wildman–Crippen LogP) is 2.27. The van der Waals surface area contributed by atoms with E-state index in [4.69, 9.17) is 4.42 Å². The maximum atomic E-state index is 12.6. The van der Waals surface area contributed by atoms with Crippen LogP contribution in [0.5, 0.6) is 0 Å². The maximum absolute atomic E-state index is 12.6. The number of amides is 2. The van der Waals surface area contributed by atoms with Crippen molar-refractivity contribution in [1.82, 2.24) is 15.2 Å². The highest BCUT2D eigenvalue weighted by atomic mass is 79.9. The lowest BCUT2D eigenvalue weighted by molar-refractivity contribution is 0.0832. The van der Waals surface area contributed by atoms with E-state index in [0.717, 1.165) is 16.6 Å². The number of aryl methyl sites for hydroxylation is 1. The van der Waals surface area contributed by atoms with Crippen LogP contribution in [0.1, 0.15) is 38.8 Å². The van der Waals surface area contributed by atoms with Crippen molar-refractivity contribution in [2.75, 3.05) is 13.1 Å². The Morgan fingerprint density at radius 3 is 2.46 bits per heavy atom. The van der Waals surface area contributed by atoms with Gasteiger partial charge in [-0.15, -0.1) is 11.3 Å². The topological polar surface area (TPSA) is 109 Å². The average Bonchev–Trinajstić information content (AvgIpc) is 3.32. The van der Waals surface area contributed by atoms with Gasteiger partial charge in [0.1, 0.15) is 10.7 Å². The van der Waals surface area contributed by atoms with E-state index in [1.54, 1.807) is 12.1 Å². The van der Waals surface area contributed by atoms with Crippen LogP contribution in [0.2, 0.25) is 0 Å². The number of halogens is 1. The molecule has 0 saturated carbocycles. The SMILES string of the molecule is Cc1oc(C(=O)NNC(=O)c2ccc(Br)s2)cc1S(=O)(=O)N1CCCC1. The van der Waals surface area contributed by atoms with E-state index in [9.17, 15) is 18.0 Å². The molecule has 1 aliphatic heterocycles. The summed E-state index contributed by atoms with van der Waals surface area (Å²) in [5.74, 6) is -1.27. The number of nitrogens with zero attached hydrogens (tertiary/aromatic N) is 1. The Bertz CT molecular complexity index is 944. The van der Waals surface area contributed by atoms with Gasteiger partial charge in [-0.1, -0.05) is 0 Å². The fourth-order valence-electron chi connectivity index (χ4n) is 2.57. The highest BCUT2D eigenvalue weighted by Crippen LogP contribution is 2.26. The van der Waals surface area contributed by atoms with E-state index in [1.807, 2.05) is 0 Å². The average molecular weight is 462 g/mol. The molecule has 0 unspecified atom stereocenters. The Balaban J connectivity index is 1.70. The molecular weight excluding hydrogens is 446 g/mol. The van der Waals surface area contributed by atoms with E-state index >= 15 is 0 Å². The monoisotopic (exact) mass is 461 g/mol. The Labute approximate surface area is 162 Å². The molecule has 0 aromatic carbocycles. The van der Waals surface area contributed by atoms with Crippen LogP contribution < -0.4 is 10.9 Å². The van der Waals surface area contributed by atoms with Gasteiger partial charge in [-0.2, -0.15) is 4.31 Å². The van der Waals surface area contributed by atoms with Gasteiger partial charge in [-0.3, -0.25) is 20.4 Å². The lowest BCUT2D eigenvalue weighted by atomic mass is 10.4. The molecule has 2 amide bonds. The van der Waals surface area contributed by atoms with E-state index in [2.05, 4.69) is 26.8 Å². The number of hydrazine groups is 1. The minimum absolute atomic E-state index is 0.0296. The zero-order valence-corrected chi connectivity index (χ0v) is 17.0. The highest BCUT2D eigenvalue weighted by molar-refractivity contribution is 9.11. The molecule has 1 saturated heterocycles. The van der Waals surface area contributed by atoms with Gasteiger partial charge in [-0.05, 0) is 47.8 Å². The summed E-state index contributed by atoms with van der Waals surface area (Å²) in [4.78, 5) is 24.5. The third kappa shape index (κ3) is 3.85. The largest absolute Gasteiger partial charge is 0.455 e. The molecule has 140 valence electrons. The van der Waals surface area contributed by atoms with Gasteiger partial charge >= 0.3 is 5.91 Å². The normalized spacial score (nSPS) is 15.2. The van der Waals surface area contributed by atoms with Crippen molar-refractivity contribution in [3.05, 3.63) is 38.4 Å². The van der Waals surface area contributed by atoms with Crippen molar-refractivity contribution >= 4 is 49.1 Å². The summed E-state index contributed by atoms with van der Waals surface area (Å²) in [6, 6.07) is 4.51. The number of hydrogen-bond donors (Lipinski definition) is 2. The Kier molecular flexibility index (Phi) is 5.51. The van der Waals surface area contributed by atoms with E-state index in [0.29, 0.717) is 18.0 Å². The molecule has 2 N–H and O–H groups in total. The fraction of sp³-hybridized carbons (Fsp3) is 0.333. The lowest BCUT2D eigenvalue weighted by Crippen LogP contribution is -2.41. The molecule has 26 heavy (non-hydrogen) atoms. The van der Waals surface area contributed by atoms with E-state index < -0.39 is 21.8 Å². The summed E-state index contributed by atoms with van der Waals surface area (Å²) in [5.41, 5.74) is 4.48. The Morgan fingerprint density at radius 1 is 1.19 bits per heavy atom. The van der Waals surface area contributed by atoms with Gasteiger partial charge in [0.05, 0.1) is 8.66 Å². The summed E-state index contributed by atoms with van der Waals surface area (Å²) < 4.78 is 32.7. The summed E-state index contributed by atoms with van der Waals surface area (Å²) in [5, 5.41) is 0. The quantitative estimate of drug-likeness (QED) is 0.678. The zero-order valence-electron chi connectivity index (χ0n) is 13.7. The number of hydrogen-bond acceptors (Lipinski definition) is 6. The standard InChI is InChI=1S/C15H16BrN3O5S2/c1-9-12(26(22,23)19-6-2-3-7-19)8-10(24-9)14(20)17-18-15(21)11-4-5-13(16)25-11/h4-5,8H,2-3,6-7H2,1H3,(H,17,20)(H,18,21). The van der Waals surface area contributed by atoms with Gasteiger partial charge in [0, 0.05) is 19.2 Å². The first-order valence-corrected chi connectivity index (χ1v) is 10.8. The van der Waals surface area contributed by atoms with E-state index in [1.165, 1.54) is 28.6 Å². The van der Waals surface area contributed by atoms with Crippen molar-refractivity contribution in [2.24, 2.45) is 0 Å². The number of carbonyl (C=O) groups excluding carboxylic acids is 2. The number of thiophene rings is 1. The second-order valence-electron chi connectivity index (χ2n) is 5.65. The van der Waals surface area contributed by atoms with Crippen LogP contribution in [-0.2, 0) is 10.0 Å². The first-order chi connectivity index (χ1) is 12.3. The lowest BCUT2D eigenvalue weighted by Gasteiger charge is -2.14. The summed E-state index contributed by atoms with van der Waals surface area (Å²) in [7, 11) is -3.68. The predicted molar refractivity (Wildman–Crippen MR) is 98.4 cm³/mol. The second-order valence-corrected chi connectivity index (χ2v) is 10.0. The van der Waals surface area contributed by atoms with Gasteiger partial charge in [0.15, 0.2) is 5.76 Å². The third-order valence-corrected chi connectivity index (χ3v) is 7.49. The van der Waals surface area contributed by atoms with Gasteiger partial charge in [-0.25, -0.2) is 8.42 Å². The summed E-state index contributed by atoms with van der Waals surface area (Å²) in [6.07, 6.45) is 1.63. The zero-order chi connectivity index (χ0) is 18.9.